The molecule has 0 bridgehead atoms. The molecule has 5 nitrogen and oxygen atoms in total. The number of rotatable bonds is 11. The third-order valence-electron chi connectivity index (χ3n) is 6.17. The standard InChI is InChI=1S/C26H35ClN4OS/c1-30-13-3-14-31(17-16-30)15-4-18-32-23-7-9-24(10-8-23)33-29-12-2-5-21-20-28-26-11-6-22(27)19-25(21)26/h6-11,19-20,28-29H,2-5,12-18H2,1H3. The Balaban J connectivity index is 1.10. The zero-order valence-electron chi connectivity index (χ0n) is 19.5. The van der Waals surface area contributed by atoms with Crippen molar-refractivity contribution in [3.05, 3.63) is 59.2 Å². The van der Waals surface area contributed by atoms with Crippen molar-refractivity contribution in [2.45, 2.75) is 30.6 Å². The van der Waals surface area contributed by atoms with E-state index in [1.54, 1.807) is 11.9 Å². The van der Waals surface area contributed by atoms with Gasteiger partial charge in [0.1, 0.15) is 5.75 Å². The number of hydrogen-bond donors (Lipinski definition) is 2. The highest BCUT2D eigenvalue weighted by Gasteiger charge is 2.11. The molecule has 0 unspecified atom stereocenters. The molecule has 178 valence electrons. The van der Waals surface area contributed by atoms with Gasteiger partial charge in [0.05, 0.1) is 6.61 Å². The van der Waals surface area contributed by atoms with Crippen molar-refractivity contribution in [1.29, 1.82) is 0 Å². The SMILES string of the molecule is CN1CCCN(CCCOc2ccc(SNCCCc3c[nH]c4ccc(Cl)cc34)cc2)CC1. The summed E-state index contributed by atoms with van der Waals surface area (Å²) in [6.07, 6.45) is 6.53. The molecule has 0 aliphatic carbocycles. The first-order valence-corrected chi connectivity index (χ1v) is 13.2. The number of H-pyrrole nitrogens is 1. The van der Waals surface area contributed by atoms with E-state index in [4.69, 9.17) is 16.3 Å². The zero-order valence-corrected chi connectivity index (χ0v) is 21.1. The predicted octanol–water partition coefficient (Wildman–Crippen LogP) is 5.46. The van der Waals surface area contributed by atoms with Crippen molar-refractivity contribution >= 4 is 34.5 Å². The van der Waals surface area contributed by atoms with Crippen LogP contribution in [0.3, 0.4) is 0 Å². The van der Waals surface area contributed by atoms with E-state index in [1.165, 1.54) is 48.4 Å². The molecule has 0 radical (unpaired) electrons. The van der Waals surface area contributed by atoms with Crippen molar-refractivity contribution < 1.29 is 4.74 Å². The van der Waals surface area contributed by atoms with Crippen molar-refractivity contribution in [2.75, 3.05) is 52.9 Å². The maximum atomic E-state index is 6.15. The van der Waals surface area contributed by atoms with Crippen LogP contribution in [0.2, 0.25) is 5.02 Å². The van der Waals surface area contributed by atoms with Gasteiger partial charge in [0, 0.05) is 53.2 Å². The summed E-state index contributed by atoms with van der Waals surface area (Å²) in [6, 6.07) is 14.4. The van der Waals surface area contributed by atoms with E-state index in [2.05, 4.69) is 57.0 Å². The summed E-state index contributed by atoms with van der Waals surface area (Å²) in [4.78, 5) is 9.51. The molecular formula is C26H35ClN4OS. The van der Waals surface area contributed by atoms with Crippen LogP contribution in [0.5, 0.6) is 5.75 Å². The van der Waals surface area contributed by atoms with Gasteiger partial charge < -0.3 is 19.5 Å². The van der Waals surface area contributed by atoms with Crippen molar-refractivity contribution in [3.8, 4) is 5.75 Å². The van der Waals surface area contributed by atoms with Crippen LogP contribution in [-0.2, 0) is 6.42 Å². The van der Waals surface area contributed by atoms with Crippen LogP contribution in [0.1, 0.15) is 24.8 Å². The molecule has 1 fully saturated rings. The van der Waals surface area contributed by atoms with Gasteiger partial charge >= 0.3 is 0 Å². The zero-order chi connectivity index (χ0) is 22.9. The summed E-state index contributed by atoms with van der Waals surface area (Å²) in [7, 11) is 2.21. The molecule has 2 heterocycles. The number of nitrogens with zero attached hydrogens (tertiary/aromatic N) is 2. The van der Waals surface area contributed by atoms with Gasteiger partial charge in [-0.2, -0.15) is 0 Å². The number of hydrogen-bond acceptors (Lipinski definition) is 5. The van der Waals surface area contributed by atoms with Gasteiger partial charge in [0.25, 0.3) is 0 Å². The van der Waals surface area contributed by atoms with Gasteiger partial charge in [-0.05, 0) is 106 Å². The Morgan fingerprint density at radius 2 is 1.94 bits per heavy atom. The molecule has 0 saturated carbocycles. The third-order valence-corrected chi connectivity index (χ3v) is 7.26. The molecule has 33 heavy (non-hydrogen) atoms. The quantitative estimate of drug-likeness (QED) is 0.278. The van der Waals surface area contributed by atoms with Crippen LogP contribution in [-0.4, -0.2) is 67.7 Å². The molecular weight excluding hydrogens is 452 g/mol. The maximum Gasteiger partial charge on any atom is 0.119 e. The number of aromatic nitrogens is 1. The van der Waals surface area contributed by atoms with E-state index in [0.717, 1.165) is 55.2 Å². The predicted molar refractivity (Wildman–Crippen MR) is 141 cm³/mol. The lowest BCUT2D eigenvalue weighted by Crippen LogP contribution is -2.30. The fraction of sp³-hybridized carbons (Fsp3) is 0.462. The fourth-order valence-corrected chi connectivity index (χ4v) is 5.11. The largest absolute Gasteiger partial charge is 0.494 e. The summed E-state index contributed by atoms with van der Waals surface area (Å²) >= 11 is 7.82. The number of nitrogens with one attached hydrogen (secondary N) is 2. The van der Waals surface area contributed by atoms with Crippen molar-refractivity contribution in [3.63, 3.8) is 0 Å². The molecule has 3 aromatic rings. The maximum absolute atomic E-state index is 6.15. The number of likely N-dealkylation sites (N-methyl/N-ethyl adjacent to an activating group) is 1. The third kappa shape index (κ3) is 7.66. The summed E-state index contributed by atoms with van der Waals surface area (Å²) in [5.41, 5.74) is 2.47. The van der Waals surface area contributed by atoms with Crippen LogP contribution in [0.4, 0.5) is 0 Å². The van der Waals surface area contributed by atoms with Crippen molar-refractivity contribution in [2.24, 2.45) is 0 Å². The van der Waals surface area contributed by atoms with Crippen LogP contribution in [0, 0.1) is 0 Å². The van der Waals surface area contributed by atoms with Crippen LogP contribution in [0.15, 0.2) is 53.6 Å². The highest BCUT2D eigenvalue weighted by Crippen LogP contribution is 2.24. The van der Waals surface area contributed by atoms with Gasteiger partial charge in [-0.15, -0.1) is 0 Å². The number of benzene rings is 2. The van der Waals surface area contributed by atoms with Gasteiger partial charge in [0.15, 0.2) is 0 Å². The normalized spacial score (nSPS) is 15.7. The monoisotopic (exact) mass is 486 g/mol. The number of aromatic amines is 1. The van der Waals surface area contributed by atoms with E-state index in [1.807, 2.05) is 18.2 Å². The highest BCUT2D eigenvalue weighted by atomic mass is 35.5. The Labute approximate surface area is 206 Å². The highest BCUT2D eigenvalue weighted by molar-refractivity contribution is 7.97. The first kappa shape index (κ1) is 24.4. The summed E-state index contributed by atoms with van der Waals surface area (Å²) < 4.78 is 9.42. The Bertz CT molecular complexity index is 994. The molecule has 1 aromatic heterocycles. The fourth-order valence-electron chi connectivity index (χ4n) is 4.25. The Hall–Kier alpha value is -1.70. The minimum absolute atomic E-state index is 0.774. The summed E-state index contributed by atoms with van der Waals surface area (Å²) in [5.74, 6) is 0.952. The van der Waals surface area contributed by atoms with Gasteiger partial charge in [0.2, 0.25) is 0 Å². The first-order valence-electron chi connectivity index (χ1n) is 12.0. The number of ether oxygens (including phenoxy) is 1. The molecule has 1 saturated heterocycles. The summed E-state index contributed by atoms with van der Waals surface area (Å²) in [6.45, 7) is 7.61. The minimum Gasteiger partial charge on any atom is -0.494 e. The van der Waals surface area contributed by atoms with E-state index >= 15 is 0 Å². The minimum atomic E-state index is 0.774. The number of fused-ring (bicyclic) bond motifs is 1. The average Bonchev–Trinajstić information content (AvgIpc) is 3.10. The summed E-state index contributed by atoms with van der Waals surface area (Å²) in [5, 5.41) is 2.01. The van der Waals surface area contributed by atoms with Crippen LogP contribution >= 0.6 is 23.5 Å². The molecule has 0 atom stereocenters. The molecule has 0 amide bonds. The Morgan fingerprint density at radius 1 is 1.06 bits per heavy atom. The molecule has 2 aromatic carbocycles. The van der Waals surface area contributed by atoms with Crippen LogP contribution in [0.25, 0.3) is 10.9 Å². The second-order valence-electron chi connectivity index (χ2n) is 8.78. The smallest absolute Gasteiger partial charge is 0.119 e. The van der Waals surface area contributed by atoms with Gasteiger partial charge in [-0.25, -0.2) is 0 Å². The Kier molecular flexibility index (Phi) is 9.38. The molecule has 2 N–H and O–H groups in total. The second-order valence-corrected chi connectivity index (χ2v) is 10.2. The molecule has 1 aliphatic rings. The molecule has 7 heteroatoms. The lowest BCUT2D eigenvalue weighted by atomic mass is 10.1. The molecule has 4 rings (SSSR count). The molecule has 1 aliphatic heterocycles. The van der Waals surface area contributed by atoms with E-state index in [9.17, 15) is 0 Å². The lowest BCUT2D eigenvalue weighted by Gasteiger charge is -2.19. The van der Waals surface area contributed by atoms with E-state index < -0.39 is 0 Å². The lowest BCUT2D eigenvalue weighted by molar-refractivity contribution is 0.237. The van der Waals surface area contributed by atoms with E-state index in [0.29, 0.717) is 0 Å². The second kappa shape index (κ2) is 12.7. The molecule has 0 spiro atoms. The van der Waals surface area contributed by atoms with Crippen molar-refractivity contribution in [1.82, 2.24) is 19.5 Å². The topological polar surface area (TPSA) is 43.5 Å². The van der Waals surface area contributed by atoms with Gasteiger partial charge in [-0.1, -0.05) is 11.6 Å². The average molecular weight is 487 g/mol. The van der Waals surface area contributed by atoms with Gasteiger partial charge in [-0.3, -0.25) is 4.72 Å². The number of aryl methyl sites for hydroxylation is 1. The van der Waals surface area contributed by atoms with Crippen LogP contribution < -0.4 is 9.46 Å². The Morgan fingerprint density at radius 3 is 2.82 bits per heavy atom. The number of halogens is 1. The first-order chi connectivity index (χ1) is 16.2. The van der Waals surface area contributed by atoms with E-state index in [-0.39, 0.29) is 0 Å².